The number of benzene rings is 3. The number of hydrogen-bond donors (Lipinski definition) is 2. The van der Waals surface area contributed by atoms with E-state index in [2.05, 4.69) is 10.3 Å². The summed E-state index contributed by atoms with van der Waals surface area (Å²) in [5.41, 5.74) is 2.14. The Morgan fingerprint density at radius 2 is 1.48 bits per heavy atom. The van der Waals surface area contributed by atoms with Crippen molar-refractivity contribution >= 4 is 11.7 Å². The van der Waals surface area contributed by atoms with Crippen LogP contribution in [-0.4, -0.2) is 26.9 Å². The van der Waals surface area contributed by atoms with Crippen molar-refractivity contribution in [2.24, 2.45) is 5.92 Å². The summed E-state index contributed by atoms with van der Waals surface area (Å²) in [7, 11) is 0. The van der Waals surface area contributed by atoms with E-state index in [4.69, 9.17) is 4.98 Å². The molecule has 0 spiro atoms. The molecule has 3 aromatic carbocycles. The summed E-state index contributed by atoms with van der Waals surface area (Å²) in [5.74, 6) is 0.949. The number of anilines is 1. The largest absolute Gasteiger partial charge is 0.416 e. The number of amides is 2. The maximum Gasteiger partial charge on any atom is 0.416 e. The number of halogens is 6. The Morgan fingerprint density at radius 3 is 2.11 bits per heavy atom. The van der Waals surface area contributed by atoms with Gasteiger partial charge in [-0.3, -0.25) is 0 Å². The predicted molar refractivity (Wildman–Crippen MR) is 165 cm³/mol. The maximum atomic E-state index is 13.6. The van der Waals surface area contributed by atoms with Crippen molar-refractivity contribution < 1.29 is 31.1 Å². The highest BCUT2D eigenvalue weighted by Crippen LogP contribution is 2.33. The normalized spacial score (nSPS) is 17.4. The molecule has 4 aromatic rings. The molecule has 244 valence electrons. The summed E-state index contributed by atoms with van der Waals surface area (Å²) in [6.45, 7) is 2.29. The van der Waals surface area contributed by atoms with Crippen molar-refractivity contribution in [3.63, 3.8) is 0 Å². The van der Waals surface area contributed by atoms with E-state index in [9.17, 15) is 31.1 Å². The lowest BCUT2D eigenvalue weighted by Gasteiger charge is -2.31. The van der Waals surface area contributed by atoms with Gasteiger partial charge in [-0.15, -0.1) is 0 Å². The average Bonchev–Trinajstić information content (AvgIpc) is 3.23. The summed E-state index contributed by atoms with van der Waals surface area (Å²) in [4.78, 5) is 23.2. The van der Waals surface area contributed by atoms with Crippen LogP contribution in [0.1, 0.15) is 66.6 Å². The van der Waals surface area contributed by atoms with Crippen molar-refractivity contribution in [1.82, 2.24) is 14.9 Å². The first-order chi connectivity index (χ1) is 21.9. The van der Waals surface area contributed by atoms with Crippen molar-refractivity contribution in [3.05, 3.63) is 107 Å². The molecule has 1 aliphatic carbocycles. The van der Waals surface area contributed by atoms with E-state index >= 15 is 0 Å². The number of alkyl halides is 6. The fourth-order valence-electron chi connectivity index (χ4n) is 6.08. The number of nitrogens with one attached hydrogen (secondary N) is 2. The topological polar surface area (TPSA) is 61.0 Å². The van der Waals surface area contributed by atoms with Crippen LogP contribution in [0.25, 0.3) is 11.4 Å². The minimum Gasteiger partial charge on any atom is -0.342 e. The molecule has 5 nitrogen and oxygen atoms in total. The molecule has 1 aromatic heterocycles. The highest BCUT2D eigenvalue weighted by Gasteiger charge is 2.32. The number of aryl methyl sites for hydroxylation is 2. The van der Waals surface area contributed by atoms with Crippen LogP contribution >= 0.6 is 0 Å². The number of carbonyl (C=O) groups is 1. The second-order valence-electron chi connectivity index (χ2n) is 11.9. The molecule has 1 saturated carbocycles. The second kappa shape index (κ2) is 14.0. The van der Waals surface area contributed by atoms with Crippen molar-refractivity contribution in [2.75, 3.05) is 5.32 Å². The van der Waals surface area contributed by atoms with E-state index in [0.717, 1.165) is 86.2 Å². The van der Waals surface area contributed by atoms with Crippen LogP contribution in [0, 0.1) is 12.8 Å². The zero-order valence-corrected chi connectivity index (χ0v) is 25.4. The number of aromatic nitrogens is 2. The fourth-order valence-corrected chi connectivity index (χ4v) is 6.08. The monoisotopic (exact) mass is 642 g/mol. The smallest absolute Gasteiger partial charge is 0.342 e. The van der Waals surface area contributed by atoms with Gasteiger partial charge in [-0.25, -0.2) is 9.78 Å². The van der Waals surface area contributed by atoms with Gasteiger partial charge in [0.2, 0.25) is 0 Å². The van der Waals surface area contributed by atoms with E-state index in [1.165, 1.54) is 24.3 Å². The number of nitrogens with zero attached hydrogens (tertiary/aromatic N) is 2. The van der Waals surface area contributed by atoms with Gasteiger partial charge >= 0.3 is 18.4 Å². The Balaban J connectivity index is 1.22. The van der Waals surface area contributed by atoms with Crippen LogP contribution in [0.15, 0.2) is 78.9 Å². The van der Waals surface area contributed by atoms with Crippen LogP contribution in [-0.2, 0) is 25.3 Å². The van der Waals surface area contributed by atoms with Gasteiger partial charge < -0.3 is 15.2 Å². The molecular formula is C35H36F6N4O. The Kier molecular flexibility index (Phi) is 10.1. The van der Waals surface area contributed by atoms with Crippen molar-refractivity contribution in [3.8, 4) is 11.4 Å². The minimum absolute atomic E-state index is 0.0435. The van der Waals surface area contributed by atoms with Crippen LogP contribution in [0.2, 0.25) is 0 Å². The van der Waals surface area contributed by atoms with Crippen molar-refractivity contribution in [2.45, 2.75) is 76.8 Å². The van der Waals surface area contributed by atoms with Crippen LogP contribution in [0.5, 0.6) is 0 Å². The first kappa shape index (κ1) is 33.1. The standard InChI is InChI=1S/C35H36F6N4O/c1-23-31(44-32(42-23)26-12-14-27(15-13-26)34(36,37)38)21-11-24-8-5-9-30(20-10-24)45(22-25-6-3-2-4-7-25)33(46)43-29-18-16-28(17-19-29)35(39,40)41/h2-4,6-7,12-19,24,30H,5,8-11,20-22H2,1H3,(H,42,44)(H,43,46). The number of rotatable bonds is 8. The van der Waals surface area contributed by atoms with Gasteiger partial charge in [-0.05, 0) is 86.9 Å². The number of urea groups is 1. The lowest BCUT2D eigenvalue weighted by Crippen LogP contribution is -2.42. The third-order valence-corrected chi connectivity index (χ3v) is 8.68. The van der Waals surface area contributed by atoms with Crippen LogP contribution in [0.4, 0.5) is 36.8 Å². The van der Waals surface area contributed by atoms with Gasteiger partial charge in [0.1, 0.15) is 5.82 Å². The van der Waals surface area contributed by atoms with E-state index < -0.39 is 23.5 Å². The van der Waals surface area contributed by atoms with Crippen LogP contribution in [0.3, 0.4) is 0 Å². The molecular weight excluding hydrogens is 606 g/mol. The first-order valence-electron chi connectivity index (χ1n) is 15.4. The SMILES string of the molecule is Cc1[nH]c(-c2ccc(C(F)(F)F)cc2)nc1CCC1CCCC(N(Cc2ccccc2)C(=O)Nc2ccc(C(F)(F)F)cc2)CC1. The summed E-state index contributed by atoms with van der Waals surface area (Å²) in [5, 5.41) is 2.80. The number of carbonyl (C=O) groups excluding carboxylic acids is 1. The molecule has 2 unspecified atom stereocenters. The Bertz CT molecular complexity index is 1580. The number of H-pyrrole nitrogens is 1. The van der Waals surface area contributed by atoms with Gasteiger partial charge in [-0.1, -0.05) is 55.3 Å². The number of hydrogen-bond acceptors (Lipinski definition) is 2. The van der Waals surface area contributed by atoms with Gasteiger partial charge in [-0.2, -0.15) is 26.3 Å². The highest BCUT2D eigenvalue weighted by atomic mass is 19.4. The molecule has 1 fully saturated rings. The molecule has 0 aliphatic heterocycles. The fraction of sp³-hybridized carbons (Fsp3) is 0.371. The summed E-state index contributed by atoms with van der Waals surface area (Å²) in [6.07, 6.45) is -2.83. The van der Waals surface area contributed by atoms with Crippen molar-refractivity contribution in [1.29, 1.82) is 0 Å². The maximum absolute atomic E-state index is 13.6. The van der Waals surface area contributed by atoms with Crippen LogP contribution < -0.4 is 5.32 Å². The van der Waals surface area contributed by atoms with E-state index in [-0.39, 0.29) is 12.1 Å². The predicted octanol–water partition coefficient (Wildman–Crippen LogP) is 10.0. The molecule has 2 atom stereocenters. The average molecular weight is 643 g/mol. The zero-order chi connectivity index (χ0) is 32.9. The van der Waals surface area contributed by atoms with E-state index in [1.54, 1.807) is 4.90 Å². The third-order valence-electron chi connectivity index (χ3n) is 8.68. The zero-order valence-electron chi connectivity index (χ0n) is 25.4. The molecule has 1 heterocycles. The highest BCUT2D eigenvalue weighted by molar-refractivity contribution is 5.89. The van der Waals surface area contributed by atoms with E-state index in [0.29, 0.717) is 29.5 Å². The molecule has 0 saturated heterocycles. The molecule has 1 aliphatic rings. The molecule has 2 N–H and O–H groups in total. The lowest BCUT2D eigenvalue weighted by molar-refractivity contribution is -0.138. The third kappa shape index (κ3) is 8.50. The molecule has 0 bridgehead atoms. The summed E-state index contributed by atoms with van der Waals surface area (Å²) in [6, 6.07) is 18.6. The number of imidazole rings is 1. The molecule has 11 heteroatoms. The Hall–Kier alpha value is -4.28. The summed E-state index contributed by atoms with van der Waals surface area (Å²) < 4.78 is 77.9. The van der Waals surface area contributed by atoms with Gasteiger partial charge in [0.25, 0.3) is 0 Å². The van der Waals surface area contributed by atoms with E-state index in [1.807, 2.05) is 37.3 Å². The molecule has 0 radical (unpaired) electrons. The lowest BCUT2D eigenvalue weighted by atomic mass is 9.94. The molecule has 2 amide bonds. The van der Waals surface area contributed by atoms with Gasteiger partial charge in [0.05, 0.1) is 16.8 Å². The molecule has 46 heavy (non-hydrogen) atoms. The molecule has 5 rings (SSSR count). The van der Waals surface area contributed by atoms with Gasteiger partial charge in [0.15, 0.2) is 0 Å². The minimum atomic E-state index is -4.46. The quantitative estimate of drug-likeness (QED) is 0.148. The summed E-state index contributed by atoms with van der Waals surface area (Å²) >= 11 is 0. The Morgan fingerprint density at radius 1 is 0.848 bits per heavy atom. The number of aromatic amines is 1. The second-order valence-corrected chi connectivity index (χ2v) is 11.9. The Labute approximate surface area is 264 Å². The first-order valence-corrected chi connectivity index (χ1v) is 15.4. The van der Waals surface area contributed by atoms with Gasteiger partial charge in [0, 0.05) is 29.5 Å².